The smallest absolute Gasteiger partial charge is 0.192 e. The van der Waals surface area contributed by atoms with Gasteiger partial charge in [-0.15, -0.1) is 4.72 Å². The fourth-order valence-corrected chi connectivity index (χ4v) is 5.81. The molecule has 0 saturated heterocycles. The van der Waals surface area contributed by atoms with Crippen LogP contribution < -0.4 is 9.46 Å². The first kappa shape index (κ1) is 32.0. The Hall–Kier alpha value is -2.87. The van der Waals surface area contributed by atoms with E-state index in [9.17, 15) is 4.55 Å². The molecule has 1 N–H and O–H groups in total. The maximum Gasteiger partial charge on any atom is 0.192 e. The molecule has 0 saturated carbocycles. The molecule has 12 heteroatoms. The first-order chi connectivity index (χ1) is 19.9. The van der Waals surface area contributed by atoms with E-state index in [0.717, 1.165) is 40.0 Å². The van der Waals surface area contributed by atoms with E-state index < -0.39 is 19.7 Å². The fraction of sp³-hybridized carbons (Fsp3) is 0.467. The van der Waals surface area contributed by atoms with Crippen molar-refractivity contribution in [3.63, 3.8) is 0 Å². The summed E-state index contributed by atoms with van der Waals surface area (Å²) in [6.45, 7) is 14.4. The minimum absolute atomic E-state index is 0.0952. The summed E-state index contributed by atoms with van der Waals surface area (Å²) in [4.78, 5) is 14.2. The van der Waals surface area contributed by atoms with Gasteiger partial charge in [-0.25, -0.2) is 9.67 Å². The van der Waals surface area contributed by atoms with Crippen LogP contribution in [0, 0.1) is 0 Å². The van der Waals surface area contributed by atoms with E-state index in [0.29, 0.717) is 31.4 Å². The highest BCUT2D eigenvalue weighted by molar-refractivity contribution is 7.88. The normalized spacial score (nSPS) is 13.8. The topological polar surface area (TPSA) is 119 Å². The van der Waals surface area contributed by atoms with Crippen molar-refractivity contribution in [2.45, 2.75) is 64.9 Å². The van der Waals surface area contributed by atoms with E-state index in [-0.39, 0.29) is 11.1 Å². The molecular weight excluding hydrogens is 569 g/mol. The van der Waals surface area contributed by atoms with Crippen LogP contribution in [0.15, 0.2) is 48.9 Å². The molecule has 226 valence electrons. The number of aromatic nitrogens is 5. The molecule has 3 heterocycles. The molecule has 4 aromatic rings. The Morgan fingerprint density at radius 3 is 2.57 bits per heavy atom. The number of hydrogen-bond acceptors (Lipinski definition) is 9. The highest BCUT2D eigenvalue weighted by atomic mass is 32.2. The first-order valence-electron chi connectivity index (χ1n) is 14.1. The van der Waals surface area contributed by atoms with Gasteiger partial charge < -0.3 is 18.5 Å². The van der Waals surface area contributed by atoms with Crippen molar-refractivity contribution >= 4 is 30.6 Å². The van der Waals surface area contributed by atoms with Gasteiger partial charge >= 0.3 is 0 Å². The Kier molecular flexibility index (Phi) is 10.4. The molecule has 1 unspecified atom stereocenters. The van der Waals surface area contributed by atoms with Crippen molar-refractivity contribution in [1.82, 2.24) is 29.5 Å². The number of methoxy groups -OCH3 is 1. The highest BCUT2D eigenvalue weighted by Gasteiger charge is 2.37. The van der Waals surface area contributed by atoms with Crippen molar-refractivity contribution in [3.05, 3.63) is 60.3 Å². The number of nitrogens with one attached hydrogen (secondary N) is 1. The molecule has 0 aliphatic carbocycles. The summed E-state index contributed by atoms with van der Waals surface area (Å²) in [7, 11) is -0.310. The molecule has 3 aromatic heterocycles. The zero-order chi connectivity index (χ0) is 30.5. The van der Waals surface area contributed by atoms with Crippen LogP contribution in [0.2, 0.25) is 18.1 Å². The Morgan fingerprint density at radius 1 is 1.10 bits per heavy atom. The number of pyridine rings is 1. The van der Waals surface area contributed by atoms with Gasteiger partial charge in [0, 0.05) is 24.0 Å². The minimum Gasteiger partial charge on any atom is -0.598 e. The van der Waals surface area contributed by atoms with Crippen molar-refractivity contribution in [2.24, 2.45) is 0 Å². The van der Waals surface area contributed by atoms with E-state index in [1.54, 1.807) is 36.6 Å². The largest absolute Gasteiger partial charge is 0.598 e. The van der Waals surface area contributed by atoms with E-state index >= 15 is 0 Å². The summed E-state index contributed by atoms with van der Waals surface area (Å²) < 4.78 is 34.5. The lowest BCUT2D eigenvalue weighted by molar-refractivity contribution is 0.147. The molecule has 0 fully saturated rings. The number of rotatable bonds is 13. The van der Waals surface area contributed by atoms with Crippen LogP contribution in [0.4, 0.5) is 0 Å². The molecular formula is C30H42N6O4SSi. The number of ether oxygens (including phenoxy) is 2. The van der Waals surface area contributed by atoms with Crippen molar-refractivity contribution in [2.75, 3.05) is 26.6 Å². The van der Waals surface area contributed by atoms with Crippen LogP contribution in [0.25, 0.3) is 28.0 Å². The van der Waals surface area contributed by atoms with E-state index in [4.69, 9.17) is 23.9 Å². The fourth-order valence-electron chi connectivity index (χ4n) is 4.18. The number of fused-ring (bicyclic) bond motifs is 1. The molecule has 0 bridgehead atoms. The molecule has 0 radical (unpaired) electrons. The molecule has 10 nitrogen and oxygen atoms in total. The number of benzene rings is 1. The monoisotopic (exact) mass is 610 g/mol. The van der Waals surface area contributed by atoms with Gasteiger partial charge in [0.25, 0.3) is 0 Å². The Labute approximate surface area is 252 Å². The van der Waals surface area contributed by atoms with E-state index in [2.05, 4.69) is 48.7 Å². The summed E-state index contributed by atoms with van der Waals surface area (Å²) in [5.74, 6) is 1.26. The molecule has 4 rings (SSSR count). The van der Waals surface area contributed by atoms with Gasteiger partial charge in [0.1, 0.15) is 18.6 Å². The Bertz CT molecular complexity index is 1490. The Morgan fingerprint density at radius 2 is 1.88 bits per heavy atom. The quantitative estimate of drug-likeness (QED) is 0.114. The minimum atomic E-state index is -1.95. The van der Waals surface area contributed by atoms with Gasteiger partial charge in [-0.1, -0.05) is 33.8 Å². The lowest BCUT2D eigenvalue weighted by atomic mass is 10.1. The second kappa shape index (κ2) is 13.6. The zero-order valence-corrected chi connectivity index (χ0v) is 27.6. The molecule has 0 aliphatic rings. The Balaban J connectivity index is 1.75. The maximum atomic E-state index is 11.9. The second-order valence-corrected chi connectivity index (χ2v) is 17.7. The summed E-state index contributed by atoms with van der Waals surface area (Å²) in [5, 5.41) is 5.61. The molecule has 0 amide bonds. The summed E-state index contributed by atoms with van der Waals surface area (Å²) in [6, 6.07) is 9.74. The SMILES string of the molecule is CC[C@H](N[S+](C)[O-])c1cccc(-c2cc(OCCOC)c3cnn(-c4cncc(CO[Si](C)(C)C(C)(C)C)n4)c3c2)n1. The molecule has 0 spiro atoms. The van der Waals surface area contributed by atoms with Crippen LogP contribution in [-0.4, -0.2) is 64.2 Å². The van der Waals surface area contributed by atoms with Gasteiger partial charge in [-0.05, 0) is 48.8 Å². The lowest BCUT2D eigenvalue weighted by Gasteiger charge is -2.36. The van der Waals surface area contributed by atoms with Gasteiger partial charge in [0.15, 0.2) is 14.1 Å². The first-order valence-corrected chi connectivity index (χ1v) is 18.6. The second-order valence-electron chi connectivity index (χ2n) is 11.7. The summed E-state index contributed by atoms with van der Waals surface area (Å²) in [6.07, 6.45) is 7.59. The molecule has 1 aromatic carbocycles. The predicted molar refractivity (Wildman–Crippen MR) is 169 cm³/mol. The van der Waals surface area contributed by atoms with Crippen LogP contribution in [-0.2, 0) is 27.1 Å². The van der Waals surface area contributed by atoms with Crippen molar-refractivity contribution in [3.8, 4) is 22.8 Å². The van der Waals surface area contributed by atoms with Crippen LogP contribution in [0.5, 0.6) is 5.75 Å². The third kappa shape index (κ3) is 7.55. The van der Waals surface area contributed by atoms with Crippen molar-refractivity contribution < 1.29 is 18.5 Å². The van der Waals surface area contributed by atoms with Gasteiger partial charge in [0.2, 0.25) is 0 Å². The standard InChI is InChI=1S/C30H42N6O4SSi/c1-9-24(35-41(6)37)26-12-10-11-25(34-26)21-15-27-23(28(16-21)39-14-13-38-5)18-32-36(27)29-19-31-17-22(33-29)20-40-42(7,8)30(2,3)4/h10-12,15-19,24,35H,9,13-14,20H2,1-8H3/t24-,41?/m0/s1. The van der Waals surface area contributed by atoms with Gasteiger partial charge in [-0.3, -0.25) is 9.97 Å². The molecule has 0 aliphatic heterocycles. The number of nitrogens with zero attached hydrogens (tertiary/aromatic N) is 5. The summed E-state index contributed by atoms with van der Waals surface area (Å²) >= 11 is -1.16. The van der Waals surface area contributed by atoms with Crippen LogP contribution in [0.1, 0.15) is 51.5 Å². The van der Waals surface area contributed by atoms with E-state index in [1.807, 2.05) is 37.3 Å². The van der Waals surface area contributed by atoms with Gasteiger partial charge in [-0.2, -0.15) is 5.10 Å². The van der Waals surface area contributed by atoms with Crippen LogP contribution in [0.3, 0.4) is 0 Å². The predicted octanol–water partition coefficient (Wildman–Crippen LogP) is 5.76. The molecule has 2 atom stereocenters. The van der Waals surface area contributed by atoms with Crippen LogP contribution >= 0.6 is 0 Å². The average molecular weight is 611 g/mol. The average Bonchev–Trinajstić information content (AvgIpc) is 3.39. The zero-order valence-electron chi connectivity index (χ0n) is 25.8. The third-order valence-electron chi connectivity index (χ3n) is 7.61. The maximum absolute atomic E-state index is 11.9. The van der Waals surface area contributed by atoms with Gasteiger partial charge in [0.05, 0.1) is 65.8 Å². The lowest BCUT2D eigenvalue weighted by Crippen LogP contribution is -2.40. The van der Waals surface area contributed by atoms with E-state index in [1.165, 1.54) is 0 Å². The number of hydrogen-bond donors (Lipinski definition) is 1. The summed E-state index contributed by atoms with van der Waals surface area (Å²) in [5.41, 5.74) is 4.00. The highest BCUT2D eigenvalue weighted by Crippen LogP contribution is 2.37. The van der Waals surface area contributed by atoms with Crippen molar-refractivity contribution in [1.29, 1.82) is 0 Å². The third-order valence-corrected chi connectivity index (χ3v) is 12.7. The molecule has 42 heavy (non-hydrogen) atoms.